The summed E-state index contributed by atoms with van der Waals surface area (Å²) in [7, 11) is 0. The van der Waals surface area contributed by atoms with E-state index in [0.717, 1.165) is 23.5 Å². The van der Waals surface area contributed by atoms with Crippen LogP contribution in [0.1, 0.15) is 19.3 Å². The van der Waals surface area contributed by atoms with E-state index in [-0.39, 0.29) is 47.8 Å². The molecular formula is C11H14O6S2. The van der Waals surface area contributed by atoms with Crippen molar-refractivity contribution >= 4 is 45.7 Å². The molecule has 0 aromatic heterocycles. The Hall–Kier alpha value is -1.02. The second-order valence-corrected chi connectivity index (χ2v) is 5.68. The van der Waals surface area contributed by atoms with Crippen LogP contribution in [0.5, 0.6) is 0 Å². The molecule has 0 atom stereocenters. The molecule has 0 N–H and O–H groups in total. The third-order valence-corrected chi connectivity index (χ3v) is 3.89. The van der Waals surface area contributed by atoms with Gasteiger partial charge in [-0.15, -0.1) is 0 Å². The topological polar surface area (TPSA) is 86.7 Å². The Morgan fingerprint density at radius 1 is 0.737 bits per heavy atom. The summed E-state index contributed by atoms with van der Waals surface area (Å²) < 4.78 is 9.55. The van der Waals surface area contributed by atoms with E-state index in [2.05, 4.69) is 0 Å². The molecule has 1 aliphatic rings. The van der Waals surface area contributed by atoms with Gasteiger partial charge in [-0.05, 0) is 6.42 Å². The quantitative estimate of drug-likeness (QED) is 0.607. The third-order valence-electron chi connectivity index (χ3n) is 2.07. The Balaban J connectivity index is 2.45. The lowest BCUT2D eigenvalue weighted by Gasteiger charge is -2.05. The molecule has 1 fully saturated rings. The van der Waals surface area contributed by atoms with Crippen molar-refractivity contribution in [2.45, 2.75) is 19.3 Å². The summed E-state index contributed by atoms with van der Waals surface area (Å²) >= 11 is 1.76. The van der Waals surface area contributed by atoms with Crippen molar-refractivity contribution in [1.82, 2.24) is 0 Å². The van der Waals surface area contributed by atoms with Crippen LogP contribution in [-0.4, -0.2) is 46.9 Å². The third kappa shape index (κ3) is 7.89. The minimum absolute atomic E-state index is 0.0437. The fourth-order valence-corrected chi connectivity index (χ4v) is 2.50. The highest BCUT2D eigenvalue weighted by atomic mass is 32.2. The molecule has 1 aliphatic heterocycles. The maximum absolute atomic E-state index is 11.4. The SMILES string of the molecule is O=C1CSC(=O)CCCC(=O)SCC(=O)OCCO1. The van der Waals surface area contributed by atoms with Gasteiger partial charge in [0.25, 0.3) is 0 Å². The second kappa shape index (κ2) is 8.98. The molecule has 0 saturated carbocycles. The molecule has 0 spiro atoms. The number of thioether (sulfide) groups is 2. The van der Waals surface area contributed by atoms with Crippen molar-refractivity contribution in [2.24, 2.45) is 0 Å². The summed E-state index contributed by atoms with van der Waals surface area (Å²) in [6, 6.07) is 0. The largest absolute Gasteiger partial charge is 0.461 e. The van der Waals surface area contributed by atoms with Gasteiger partial charge in [0.05, 0.1) is 11.5 Å². The monoisotopic (exact) mass is 306 g/mol. The van der Waals surface area contributed by atoms with Gasteiger partial charge in [0, 0.05) is 12.8 Å². The Kier molecular flexibility index (Phi) is 7.57. The van der Waals surface area contributed by atoms with Crippen LogP contribution in [0.25, 0.3) is 0 Å². The smallest absolute Gasteiger partial charge is 0.316 e. The van der Waals surface area contributed by atoms with E-state index in [1.54, 1.807) is 0 Å². The highest BCUT2D eigenvalue weighted by molar-refractivity contribution is 8.14. The summed E-state index contributed by atoms with van der Waals surface area (Å²) in [5.74, 6) is -1.16. The van der Waals surface area contributed by atoms with E-state index in [9.17, 15) is 19.2 Å². The van der Waals surface area contributed by atoms with Crippen LogP contribution in [0.4, 0.5) is 0 Å². The molecule has 106 valence electrons. The van der Waals surface area contributed by atoms with Gasteiger partial charge in [-0.1, -0.05) is 23.5 Å². The first kappa shape index (κ1) is 16.0. The lowest BCUT2D eigenvalue weighted by atomic mass is 10.3. The second-order valence-electron chi connectivity index (χ2n) is 3.62. The van der Waals surface area contributed by atoms with Gasteiger partial charge in [0.15, 0.2) is 10.2 Å². The minimum Gasteiger partial charge on any atom is -0.461 e. The highest BCUT2D eigenvalue weighted by Crippen LogP contribution is 2.13. The van der Waals surface area contributed by atoms with E-state index < -0.39 is 11.9 Å². The molecule has 0 aliphatic carbocycles. The summed E-state index contributed by atoms with van der Waals surface area (Å²) in [5.41, 5.74) is 0. The maximum Gasteiger partial charge on any atom is 0.316 e. The normalized spacial score (nSPS) is 21.1. The molecular weight excluding hydrogens is 292 g/mol. The zero-order valence-electron chi connectivity index (χ0n) is 10.2. The van der Waals surface area contributed by atoms with Gasteiger partial charge in [0.1, 0.15) is 13.2 Å². The van der Waals surface area contributed by atoms with Crippen LogP contribution in [0.15, 0.2) is 0 Å². The average Bonchev–Trinajstić information content (AvgIpc) is 2.38. The standard InChI is InChI=1S/C11H14O6S2/c12-8-6-18-10(14)2-1-3-11(15)19-7-9(13)17-5-4-16-8/h1-7H2. The molecule has 0 aromatic rings. The Bertz CT molecular complexity index is 334. The van der Waals surface area contributed by atoms with Crippen LogP contribution >= 0.6 is 23.5 Å². The molecule has 0 amide bonds. The van der Waals surface area contributed by atoms with E-state index in [1.165, 1.54) is 0 Å². The van der Waals surface area contributed by atoms with Gasteiger partial charge in [-0.25, -0.2) is 0 Å². The summed E-state index contributed by atoms with van der Waals surface area (Å²) in [6.45, 7) is -0.0874. The molecule has 1 rings (SSSR count). The number of rotatable bonds is 0. The van der Waals surface area contributed by atoms with Gasteiger partial charge >= 0.3 is 11.9 Å². The lowest BCUT2D eigenvalue weighted by molar-refractivity contribution is -0.148. The van der Waals surface area contributed by atoms with Crippen LogP contribution in [0, 0.1) is 0 Å². The van der Waals surface area contributed by atoms with Crippen LogP contribution in [0.2, 0.25) is 0 Å². The molecule has 0 radical (unpaired) electrons. The molecule has 6 nitrogen and oxygen atoms in total. The lowest BCUT2D eigenvalue weighted by Crippen LogP contribution is -2.16. The molecule has 0 aromatic carbocycles. The highest BCUT2D eigenvalue weighted by Gasteiger charge is 2.13. The van der Waals surface area contributed by atoms with Gasteiger partial charge < -0.3 is 9.47 Å². The molecule has 8 heteroatoms. The number of carbonyl (C=O) groups excluding carboxylic acids is 4. The molecule has 1 heterocycles. The number of carbonyl (C=O) groups is 4. The molecule has 0 bridgehead atoms. The number of ether oxygens (including phenoxy) is 2. The predicted molar refractivity (Wildman–Crippen MR) is 70.7 cm³/mol. The molecule has 0 unspecified atom stereocenters. The fraction of sp³-hybridized carbons (Fsp3) is 0.636. The first-order chi connectivity index (χ1) is 9.08. The van der Waals surface area contributed by atoms with Crippen molar-refractivity contribution < 1.29 is 28.7 Å². The van der Waals surface area contributed by atoms with E-state index in [4.69, 9.17) is 9.47 Å². The predicted octanol–water partition coefficient (Wildman–Crippen LogP) is 0.776. The van der Waals surface area contributed by atoms with Gasteiger partial charge in [0.2, 0.25) is 0 Å². The van der Waals surface area contributed by atoms with Crippen LogP contribution in [0.3, 0.4) is 0 Å². The van der Waals surface area contributed by atoms with Crippen molar-refractivity contribution in [3.05, 3.63) is 0 Å². The molecule has 19 heavy (non-hydrogen) atoms. The average molecular weight is 306 g/mol. The minimum atomic E-state index is -0.519. The van der Waals surface area contributed by atoms with Crippen LogP contribution in [-0.2, 0) is 28.7 Å². The number of hydrogen-bond acceptors (Lipinski definition) is 8. The summed E-state index contributed by atoms with van der Waals surface area (Å²) in [6.07, 6.45) is 0.880. The Morgan fingerprint density at radius 2 is 1.16 bits per heavy atom. The molecule has 1 saturated heterocycles. The fourth-order valence-electron chi connectivity index (χ4n) is 1.19. The van der Waals surface area contributed by atoms with Gasteiger partial charge in [-0.3, -0.25) is 19.2 Å². The van der Waals surface area contributed by atoms with E-state index >= 15 is 0 Å². The van der Waals surface area contributed by atoms with Crippen molar-refractivity contribution in [2.75, 3.05) is 24.7 Å². The maximum atomic E-state index is 11.4. The first-order valence-electron chi connectivity index (χ1n) is 5.70. The first-order valence-corrected chi connectivity index (χ1v) is 7.67. The number of cyclic esters (lactones) is 2. The van der Waals surface area contributed by atoms with E-state index in [1.807, 2.05) is 0 Å². The summed E-state index contributed by atoms with van der Waals surface area (Å²) in [5, 5.41) is -0.283. The number of esters is 2. The zero-order valence-corrected chi connectivity index (χ0v) is 11.8. The summed E-state index contributed by atoms with van der Waals surface area (Å²) in [4.78, 5) is 45.2. The van der Waals surface area contributed by atoms with Crippen LogP contribution < -0.4 is 0 Å². The van der Waals surface area contributed by atoms with Crippen molar-refractivity contribution in [1.29, 1.82) is 0 Å². The number of hydrogen-bond donors (Lipinski definition) is 0. The Morgan fingerprint density at radius 3 is 1.58 bits per heavy atom. The van der Waals surface area contributed by atoms with E-state index in [0.29, 0.717) is 6.42 Å². The van der Waals surface area contributed by atoms with Gasteiger partial charge in [-0.2, -0.15) is 0 Å². The van der Waals surface area contributed by atoms with Crippen molar-refractivity contribution in [3.8, 4) is 0 Å². The Labute approximate surface area is 119 Å². The zero-order chi connectivity index (χ0) is 14.1. The van der Waals surface area contributed by atoms with Crippen molar-refractivity contribution in [3.63, 3.8) is 0 Å².